The summed E-state index contributed by atoms with van der Waals surface area (Å²) in [6.45, 7) is 4.09. The number of hydrogen-bond donors (Lipinski definition) is 3. The zero-order chi connectivity index (χ0) is 15.2. The molecule has 2 atom stereocenters. The van der Waals surface area contributed by atoms with E-state index in [1.54, 1.807) is 6.92 Å². The van der Waals surface area contributed by atoms with Crippen molar-refractivity contribution in [3.8, 4) is 0 Å². The molecular formula is C16H23N3O2. The molecule has 0 saturated heterocycles. The number of fused-ring (bicyclic) bond motifs is 1. The minimum atomic E-state index is -0.444. The Morgan fingerprint density at radius 1 is 1.33 bits per heavy atom. The third kappa shape index (κ3) is 4.04. The lowest BCUT2D eigenvalue weighted by Gasteiger charge is -2.28. The molecule has 2 unspecified atom stereocenters. The number of carbonyl (C=O) groups is 2. The van der Waals surface area contributed by atoms with Crippen molar-refractivity contribution in [3.05, 3.63) is 35.4 Å². The summed E-state index contributed by atoms with van der Waals surface area (Å²) in [5.41, 5.74) is 2.61. The first kappa shape index (κ1) is 15.5. The first-order valence-corrected chi connectivity index (χ1v) is 7.54. The standard InChI is InChI=1S/C16H23N3O2/c1-3-17-16(21)19-15(20)11(2)18-14-10-6-8-12-7-4-5-9-13(12)14/h4-5,7,9,11,14,18H,3,6,8,10H2,1-2H3,(H2,17,19,20,21). The Labute approximate surface area is 125 Å². The summed E-state index contributed by atoms with van der Waals surface area (Å²) in [6, 6.07) is 7.64. The van der Waals surface area contributed by atoms with E-state index in [9.17, 15) is 9.59 Å². The maximum Gasteiger partial charge on any atom is 0.321 e. The number of urea groups is 1. The summed E-state index contributed by atoms with van der Waals surface area (Å²) in [6.07, 6.45) is 3.21. The van der Waals surface area contributed by atoms with Crippen LogP contribution in [0.15, 0.2) is 24.3 Å². The van der Waals surface area contributed by atoms with E-state index in [0.717, 1.165) is 19.3 Å². The number of nitrogens with one attached hydrogen (secondary N) is 3. The van der Waals surface area contributed by atoms with Crippen LogP contribution in [0.2, 0.25) is 0 Å². The maximum atomic E-state index is 12.0. The second kappa shape index (κ2) is 7.22. The lowest BCUT2D eigenvalue weighted by atomic mass is 9.87. The first-order valence-electron chi connectivity index (χ1n) is 7.54. The van der Waals surface area contributed by atoms with E-state index in [2.05, 4.69) is 28.1 Å². The number of aryl methyl sites for hydroxylation is 1. The van der Waals surface area contributed by atoms with Crippen LogP contribution in [-0.2, 0) is 11.2 Å². The fraction of sp³-hybridized carbons (Fsp3) is 0.500. The van der Waals surface area contributed by atoms with Gasteiger partial charge in [0, 0.05) is 12.6 Å². The Bertz CT molecular complexity index is 516. The quantitative estimate of drug-likeness (QED) is 0.792. The molecule has 3 amide bonds. The van der Waals surface area contributed by atoms with Crippen LogP contribution in [0.3, 0.4) is 0 Å². The van der Waals surface area contributed by atoms with Gasteiger partial charge in [-0.05, 0) is 44.2 Å². The minimum Gasteiger partial charge on any atom is -0.338 e. The first-order chi connectivity index (χ1) is 10.1. The monoisotopic (exact) mass is 289 g/mol. The average molecular weight is 289 g/mol. The number of rotatable bonds is 4. The van der Waals surface area contributed by atoms with Crippen molar-refractivity contribution < 1.29 is 9.59 Å². The van der Waals surface area contributed by atoms with Crippen LogP contribution >= 0.6 is 0 Å². The van der Waals surface area contributed by atoms with Crippen LogP contribution < -0.4 is 16.0 Å². The Balaban J connectivity index is 1.96. The number of benzene rings is 1. The van der Waals surface area contributed by atoms with Crippen LogP contribution in [0.1, 0.15) is 43.9 Å². The topological polar surface area (TPSA) is 70.2 Å². The Morgan fingerprint density at radius 2 is 2.10 bits per heavy atom. The van der Waals surface area contributed by atoms with E-state index in [0.29, 0.717) is 6.54 Å². The molecule has 114 valence electrons. The van der Waals surface area contributed by atoms with Crippen LogP contribution in [-0.4, -0.2) is 24.5 Å². The lowest BCUT2D eigenvalue weighted by Crippen LogP contribution is -2.49. The van der Waals surface area contributed by atoms with Crippen molar-refractivity contribution in [3.63, 3.8) is 0 Å². The molecule has 0 bridgehead atoms. The van der Waals surface area contributed by atoms with Crippen molar-refractivity contribution in [2.24, 2.45) is 0 Å². The summed E-state index contributed by atoms with van der Waals surface area (Å²) in [5.74, 6) is -0.302. The highest BCUT2D eigenvalue weighted by Crippen LogP contribution is 2.29. The highest BCUT2D eigenvalue weighted by atomic mass is 16.2. The summed E-state index contributed by atoms with van der Waals surface area (Å²) in [5, 5.41) is 8.22. The summed E-state index contributed by atoms with van der Waals surface area (Å²) >= 11 is 0. The molecule has 0 radical (unpaired) electrons. The predicted molar refractivity (Wildman–Crippen MR) is 81.9 cm³/mol. The molecule has 2 rings (SSSR count). The summed E-state index contributed by atoms with van der Waals surface area (Å²) < 4.78 is 0. The zero-order valence-corrected chi connectivity index (χ0v) is 12.6. The highest BCUT2D eigenvalue weighted by Gasteiger charge is 2.24. The Kier molecular flexibility index (Phi) is 5.33. The number of imide groups is 1. The summed E-state index contributed by atoms with van der Waals surface area (Å²) in [4.78, 5) is 23.4. The van der Waals surface area contributed by atoms with E-state index in [4.69, 9.17) is 0 Å². The fourth-order valence-electron chi connectivity index (χ4n) is 2.73. The van der Waals surface area contributed by atoms with Gasteiger partial charge in [-0.15, -0.1) is 0 Å². The molecular weight excluding hydrogens is 266 g/mol. The predicted octanol–water partition coefficient (Wildman–Crippen LogP) is 1.89. The largest absolute Gasteiger partial charge is 0.338 e. The normalized spacial score (nSPS) is 18.5. The van der Waals surface area contributed by atoms with Gasteiger partial charge in [0.05, 0.1) is 6.04 Å². The number of carbonyl (C=O) groups excluding carboxylic acids is 2. The van der Waals surface area contributed by atoms with Crippen LogP contribution in [0.5, 0.6) is 0 Å². The van der Waals surface area contributed by atoms with E-state index in [1.807, 2.05) is 19.1 Å². The molecule has 0 aromatic heterocycles. The molecule has 1 aromatic carbocycles. The second-order valence-electron chi connectivity index (χ2n) is 5.38. The molecule has 1 aromatic rings. The molecule has 1 aliphatic carbocycles. The van der Waals surface area contributed by atoms with Gasteiger partial charge in [0.15, 0.2) is 0 Å². The molecule has 0 saturated carbocycles. The van der Waals surface area contributed by atoms with Crippen molar-refractivity contribution in [1.29, 1.82) is 0 Å². The van der Waals surface area contributed by atoms with Gasteiger partial charge in [0.1, 0.15) is 0 Å². The Morgan fingerprint density at radius 3 is 2.86 bits per heavy atom. The van der Waals surface area contributed by atoms with Gasteiger partial charge in [0.2, 0.25) is 5.91 Å². The lowest BCUT2D eigenvalue weighted by molar-refractivity contribution is -0.121. The third-order valence-corrected chi connectivity index (χ3v) is 3.79. The fourth-order valence-corrected chi connectivity index (χ4v) is 2.73. The Hall–Kier alpha value is -1.88. The minimum absolute atomic E-state index is 0.171. The van der Waals surface area contributed by atoms with Gasteiger partial charge in [0.25, 0.3) is 0 Å². The van der Waals surface area contributed by atoms with Crippen molar-refractivity contribution in [1.82, 2.24) is 16.0 Å². The highest BCUT2D eigenvalue weighted by molar-refractivity contribution is 5.96. The summed E-state index contributed by atoms with van der Waals surface area (Å²) in [7, 11) is 0. The van der Waals surface area contributed by atoms with Gasteiger partial charge >= 0.3 is 6.03 Å². The number of hydrogen-bond acceptors (Lipinski definition) is 3. The van der Waals surface area contributed by atoms with E-state index < -0.39 is 12.1 Å². The van der Waals surface area contributed by atoms with Gasteiger partial charge in [-0.2, -0.15) is 0 Å². The SMILES string of the molecule is CCNC(=O)NC(=O)C(C)NC1CCCc2ccccc21. The molecule has 5 heteroatoms. The molecule has 5 nitrogen and oxygen atoms in total. The van der Waals surface area contributed by atoms with Gasteiger partial charge in [-0.25, -0.2) is 4.79 Å². The molecule has 0 heterocycles. The van der Waals surface area contributed by atoms with E-state index >= 15 is 0 Å². The van der Waals surface area contributed by atoms with Crippen LogP contribution in [0, 0.1) is 0 Å². The molecule has 0 fully saturated rings. The average Bonchev–Trinajstić information content (AvgIpc) is 2.47. The van der Waals surface area contributed by atoms with E-state index in [1.165, 1.54) is 11.1 Å². The van der Waals surface area contributed by atoms with Crippen LogP contribution in [0.25, 0.3) is 0 Å². The van der Waals surface area contributed by atoms with Crippen molar-refractivity contribution >= 4 is 11.9 Å². The molecule has 21 heavy (non-hydrogen) atoms. The van der Waals surface area contributed by atoms with Crippen LogP contribution in [0.4, 0.5) is 4.79 Å². The number of amides is 3. The van der Waals surface area contributed by atoms with Crippen molar-refractivity contribution in [2.75, 3.05) is 6.54 Å². The maximum absolute atomic E-state index is 12.0. The van der Waals surface area contributed by atoms with Gasteiger partial charge in [-0.1, -0.05) is 24.3 Å². The van der Waals surface area contributed by atoms with Gasteiger partial charge in [-0.3, -0.25) is 15.4 Å². The molecule has 3 N–H and O–H groups in total. The second-order valence-corrected chi connectivity index (χ2v) is 5.38. The van der Waals surface area contributed by atoms with E-state index in [-0.39, 0.29) is 11.9 Å². The van der Waals surface area contributed by atoms with Gasteiger partial charge < -0.3 is 5.32 Å². The van der Waals surface area contributed by atoms with Crippen molar-refractivity contribution in [2.45, 2.75) is 45.2 Å². The zero-order valence-electron chi connectivity index (χ0n) is 12.6. The molecule has 0 aliphatic heterocycles. The smallest absolute Gasteiger partial charge is 0.321 e. The molecule has 0 spiro atoms. The third-order valence-electron chi connectivity index (χ3n) is 3.79. The molecule has 1 aliphatic rings.